The molecule has 0 spiro atoms. The van der Waals surface area contributed by atoms with E-state index < -0.39 is 0 Å². The first kappa shape index (κ1) is 16.4. The van der Waals surface area contributed by atoms with E-state index in [4.69, 9.17) is 9.72 Å². The summed E-state index contributed by atoms with van der Waals surface area (Å²) in [6.07, 6.45) is 0. The smallest absolute Gasteiger partial charge is 0.137 e. The Bertz CT molecular complexity index is 1060. The van der Waals surface area contributed by atoms with Gasteiger partial charge < -0.3 is 9.30 Å². The summed E-state index contributed by atoms with van der Waals surface area (Å²) in [6.45, 7) is 6.87. The van der Waals surface area contributed by atoms with Gasteiger partial charge in [-0.2, -0.15) is 0 Å². The van der Waals surface area contributed by atoms with Crippen LogP contribution in [0.25, 0.3) is 27.8 Å². The van der Waals surface area contributed by atoms with Crippen LogP contribution < -0.4 is 4.74 Å². The topological polar surface area (TPSA) is 27.1 Å². The monoisotopic (exact) mass is 342 g/mol. The normalized spacial score (nSPS) is 11.0. The minimum absolute atomic E-state index is 0.656. The molecule has 0 saturated heterocycles. The maximum absolute atomic E-state index is 5.80. The number of ether oxygens (including phenoxy) is 1. The van der Waals surface area contributed by atoms with E-state index in [-0.39, 0.29) is 0 Å². The minimum Gasteiger partial charge on any atom is -0.493 e. The Labute approximate surface area is 153 Å². The van der Waals surface area contributed by atoms with Gasteiger partial charge >= 0.3 is 0 Å². The highest BCUT2D eigenvalue weighted by atomic mass is 16.5. The van der Waals surface area contributed by atoms with Crippen LogP contribution in [0.3, 0.4) is 0 Å². The second-order valence-electron chi connectivity index (χ2n) is 6.42. The first-order valence-corrected chi connectivity index (χ1v) is 8.96. The fraction of sp³-hybridized carbons (Fsp3) is 0.174. The number of hydrogen-bond donors (Lipinski definition) is 0. The summed E-state index contributed by atoms with van der Waals surface area (Å²) in [5.41, 5.74) is 4.45. The second-order valence-corrected chi connectivity index (χ2v) is 6.42. The van der Waals surface area contributed by atoms with Gasteiger partial charge in [0, 0.05) is 22.3 Å². The molecule has 0 bridgehead atoms. The van der Waals surface area contributed by atoms with Gasteiger partial charge in [0.15, 0.2) is 0 Å². The molecule has 3 nitrogen and oxygen atoms in total. The maximum Gasteiger partial charge on any atom is 0.137 e. The molecule has 2 aromatic carbocycles. The molecule has 26 heavy (non-hydrogen) atoms. The molecular weight excluding hydrogens is 320 g/mol. The SMILES string of the molecule is CCOc1ccc(-c2cccc(-n3c(C)ccc3C)n2)c2ccccc12. The Balaban J connectivity index is 1.89. The Hall–Kier alpha value is -3.07. The number of rotatable bonds is 4. The lowest BCUT2D eigenvalue weighted by molar-refractivity contribution is 0.344. The Morgan fingerprint density at radius 3 is 2.27 bits per heavy atom. The number of aryl methyl sites for hydroxylation is 2. The molecule has 4 rings (SSSR count). The van der Waals surface area contributed by atoms with Gasteiger partial charge in [0.25, 0.3) is 0 Å². The van der Waals surface area contributed by atoms with Crippen molar-refractivity contribution in [3.05, 3.63) is 78.1 Å². The molecule has 0 fully saturated rings. The first-order chi connectivity index (χ1) is 12.7. The van der Waals surface area contributed by atoms with Gasteiger partial charge in [0.1, 0.15) is 11.6 Å². The van der Waals surface area contributed by atoms with E-state index in [9.17, 15) is 0 Å². The van der Waals surface area contributed by atoms with Crippen molar-refractivity contribution in [1.29, 1.82) is 0 Å². The maximum atomic E-state index is 5.80. The van der Waals surface area contributed by atoms with Crippen molar-refractivity contribution < 1.29 is 4.74 Å². The van der Waals surface area contributed by atoms with Gasteiger partial charge in [0.05, 0.1) is 12.3 Å². The molecule has 2 aromatic heterocycles. The van der Waals surface area contributed by atoms with E-state index in [1.54, 1.807) is 0 Å². The van der Waals surface area contributed by atoms with Crippen molar-refractivity contribution in [1.82, 2.24) is 9.55 Å². The predicted octanol–water partition coefficient (Wildman–Crippen LogP) is 5.71. The van der Waals surface area contributed by atoms with Crippen molar-refractivity contribution >= 4 is 10.8 Å². The molecule has 0 N–H and O–H groups in total. The van der Waals surface area contributed by atoms with Crippen molar-refractivity contribution in [2.24, 2.45) is 0 Å². The third kappa shape index (κ3) is 2.76. The van der Waals surface area contributed by atoms with Crippen LogP contribution in [0.5, 0.6) is 5.75 Å². The molecule has 0 aliphatic heterocycles. The van der Waals surface area contributed by atoms with E-state index >= 15 is 0 Å². The summed E-state index contributed by atoms with van der Waals surface area (Å²) >= 11 is 0. The molecule has 2 heterocycles. The van der Waals surface area contributed by atoms with Gasteiger partial charge in [-0.05, 0) is 62.6 Å². The van der Waals surface area contributed by atoms with Crippen LogP contribution in [0.1, 0.15) is 18.3 Å². The van der Waals surface area contributed by atoms with Crippen LogP contribution >= 0.6 is 0 Å². The molecule has 0 aliphatic rings. The second kappa shape index (κ2) is 6.68. The predicted molar refractivity (Wildman–Crippen MR) is 107 cm³/mol. The molecule has 4 aromatic rings. The molecule has 3 heteroatoms. The van der Waals surface area contributed by atoms with Crippen LogP contribution in [0.15, 0.2) is 66.7 Å². The number of benzene rings is 2. The van der Waals surface area contributed by atoms with Gasteiger partial charge in [-0.1, -0.05) is 30.3 Å². The van der Waals surface area contributed by atoms with E-state index in [0.717, 1.165) is 33.6 Å². The lowest BCUT2D eigenvalue weighted by Gasteiger charge is -2.13. The average Bonchev–Trinajstić information content (AvgIpc) is 3.01. The zero-order chi connectivity index (χ0) is 18.1. The highest BCUT2D eigenvalue weighted by molar-refractivity contribution is 5.99. The van der Waals surface area contributed by atoms with E-state index in [1.807, 2.05) is 19.1 Å². The summed E-state index contributed by atoms with van der Waals surface area (Å²) < 4.78 is 7.98. The Morgan fingerprint density at radius 2 is 1.54 bits per heavy atom. The van der Waals surface area contributed by atoms with Gasteiger partial charge in [0.2, 0.25) is 0 Å². The number of nitrogens with zero attached hydrogens (tertiary/aromatic N) is 2. The number of aromatic nitrogens is 2. The van der Waals surface area contributed by atoms with E-state index in [0.29, 0.717) is 6.61 Å². The number of pyridine rings is 1. The van der Waals surface area contributed by atoms with Gasteiger partial charge in [-0.15, -0.1) is 0 Å². The van der Waals surface area contributed by atoms with Crippen LogP contribution in [-0.2, 0) is 0 Å². The van der Waals surface area contributed by atoms with Crippen molar-refractivity contribution in [3.8, 4) is 22.8 Å². The molecule has 130 valence electrons. The molecule has 0 unspecified atom stereocenters. The zero-order valence-electron chi connectivity index (χ0n) is 15.4. The molecule has 0 atom stereocenters. The third-order valence-electron chi connectivity index (χ3n) is 4.69. The Kier molecular flexibility index (Phi) is 4.21. The van der Waals surface area contributed by atoms with Crippen LogP contribution in [-0.4, -0.2) is 16.2 Å². The molecular formula is C23H22N2O. The van der Waals surface area contributed by atoms with Gasteiger partial charge in [-0.3, -0.25) is 0 Å². The molecule has 0 radical (unpaired) electrons. The van der Waals surface area contributed by atoms with Crippen LogP contribution in [0.4, 0.5) is 0 Å². The van der Waals surface area contributed by atoms with Gasteiger partial charge in [-0.25, -0.2) is 4.98 Å². The minimum atomic E-state index is 0.656. The highest BCUT2D eigenvalue weighted by Gasteiger charge is 2.11. The summed E-state index contributed by atoms with van der Waals surface area (Å²) in [5.74, 6) is 1.86. The first-order valence-electron chi connectivity index (χ1n) is 8.96. The summed E-state index contributed by atoms with van der Waals surface area (Å²) in [7, 11) is 0. The van der Waals surface area contributed by atoms with Crippen molar-refractivity contribution in [2.45, 2.75) is 20.8 Å². The highest BCUT2D eigenvalue weighted by Crippen LogP contribution is 2.34. The number of hydrogen-bond acceptors (Lipinski definition) is 2. The largest absolute Gasteiger partial charge is 0.493 e. The van der Waals surface area contributed by atoms with E-state index in [2.05, 4.69) is 73.0 Å². The quantitative estimate of drug-likeness (QED) is 0.475. The average molecular weight is 342 g/mol. The standard InChI is InChI=1S/C23H22N2O/c1-4-26-22-15-14-19(18-8-5-6-9-20(18)22)21-10-7-11-23(24-21)25-16(2)12-13-17(25)3/h5-15H,4H2,1-3H3. The fourth-order valence-corrected chi connectivity index (χ4v) is 3.50. The zero-order valence-corrected chi connectivity index (χ0v) is 15.4. The lowest BCUT2D eigenvalue weighted by Crippen LogP contribution is -2.02. The summed E-state index contributed by atoms with van der Waals surface area (Å²) in [4.78, 5) is 4.96. The third-order valence-corrected chi connectivity index (χ3v) is 4.69. The van der Waals surface area contributed by atoms with E-state index in [1.165, 1.54) is 11.4 Å². The number of fused-ring (bicyclic) bond motifs is 1. The lowest BCUT2D eigenvalue weighted by atomic mass is 10.0. The molecule has 0 aliphatic carbocycles. The van der Waals surface area contributed by atoms with Crippen LogP contribution in [0.2, 0.25) is 0 Å². The van der Waals surface area contributed by atoms with Crippen molar-refractivity contribution in [2.75, 3.05) is 6.61 Å². The summed E-state index contributed by atoms with van der Waals surface area (Å²) in [6, 6.07) is 22.9. The molecule has 0 amide bonds. The van der Waals surface area contributed by atoms with Crippen LogP contribution in [0, 0.1) is 13.8 Å². The Morgan fingerprint density at radius 1 is 0.808 bits per heavy atom. The molecule has 0 saturated carbocycles. The summed E-state index contributed by atoms with van der Waals surface area (Å²) in [5, 5.41) is 2.27. The van der Waals surface area contributed by atoms with Crippen molar-refractivity contribution in [3.63, 3.8) is 0 Å². The fourth-order valence-electron chi connectivity index (χ4n) is 3.50.